The Hall–Kier alpha value is -2.71. The van der Waals surface area contributed by atoms with Crippen LogP contribution >= 0.6 is 11.6 Å². The van der Waals surface area contributed by atoms with Crippen molar-refractivity contribution in [3.05, 3.63) is 89.1 Å². The van der Waals surface area contributed by atoms with Gasteiger partial charge in [0.1, 0.15) is 17.1 Å². The lowest BCUT2D eigenvalue weighted by molar-refractivity contribution is 0.415. The lowest BCUT2D eigenvalue weighted by Gasteiger charge is -2.06. The van der Waals surface area contributed by atoms with Crippen LogP contribution in [0.3, 0.4) is 0 Å². The molecule has 0 N–H and O–H groups in total. The van der Waals surface area contributed by atoms with Crippen molar-refractivity contribution in [2.75, 3.05) is 7.11 Å². The third kappa shape index (κ3) is 3.13. The van der Waals surface area contributed by atoms with E-state index < -0.39 is 0 Å². The number of hydrogen-bond donors (Lipinski definition) is 0. The molecule has 0 saturated carbocycles. The minimum atomic E-state index is 0.703. The number of fused-ring (bicyclic) bond motifs is 1. The molecule has 0 amide bonds. The molecular weight excluding hydrogens is 332 g/mol. The van der Waals surface area contributed by atoms with Gasteiger partial charge in [0.15, 0.2) is 0 Å². The zero-order chi connectivity index (χ0) is 17.2. The van der Waals surface area contributed by atoms with Gasteiger partial charge in [0, 0.05) is 22.4 Å². The van der Waals surface area contributed by atoms with E-state index in [4.69, 9.17) is 20.8 Å². The van der Waals surface area contributed by atoms with E-state index in [0.717, 1.165) is 40.0 Å². The molecule has 0 saturated heterocycles. The second-order valence-corrected chi connectivity index (χ2v) is 6.37. The molecule has 0 radical (unpaired) electrons. The van der Waals surface area contributed by atoms with Gasteiger partial charge in [-0.3, -0.25) is 0 Å². The van der Waals surface area contributed by atoms with Crippen molar-refractivity contribution in [2.24, 2.45) is 0 Å². The summed E-state index contributed by atoms with van der Waals surface area (Å²) < 4.78 is 11.5. The molecule has 0 spiro atoms. The van der Waals surface area contributed by atoms with E-state index in [0.29, 0.717) is 5.02 Å². The Kier molecular flexibility index (Phi) is 4.21. The van der Waals surface area contributed by atoms with Crippen molar-refractivity contribution in [1.29, 1.82) is 0 Å². The summed E-state index contributed by atoms with van der Waals surface area (Å²) in [6, 6.07) is 24.1. The van der Waals surface area contributed by atoms with E-state index in [1.54, 1.807) is 7.11 Å². The first-order valence-corrected chi connectivity index (χ1v) is 8.51. The number of rotatable bonds is 4. The van der Waals surface area contributed by atoms with E-state index >= 15 is 0 Å². The van der Waals surface area contributed by atoms with Crippen LogP contribution in [0, 0.1) is 0 Å². The van der Waals surface area contributed by atoms with Gasteiger partial charge in [0.05, 0.1) is 7.11 Å². The van der Waals surface area contributed by atoms with E-state index in [-0.39, 0.29) is 0 Å². The molecule has 0 atom stereocenters. The van der Waals surface area contributed by atoms with Crippen LogP contribution in [0.15, 0.2) is 77.2 Å². The number of benzene rings is 3. The summed E-state index contributed by atoms with van der Waals surface area (Å²) in [7, 11) is 1.67. The van der Waals surface area contributed by atoms with Crippen LogP contribution in [0.4, 0.5) is 0 Å². The van der Waals surface area contributed by atoms with Gasteiger partial charge in [0.25, 0.3) is 0 Å². The fourth-order valence-electron chi connectivity index (χ4n) is 3.10. The standard InChI is InChI=1S/C22H17ClO2/c1-24-18-10-7-16(8-11-18)22-19-14-17(23)9-12-20(19)25-21(22)13-15-5-3-2-4-6-15/h2-12,14H,13H2,1H3. The maximum atomic E-state index is 6.23. The number of hydrogen-bond acceptors (Lipinski definition) is 2. The summed E-state index contributed by atoms with van der Waals surface area (Å²) in [5, 5.41) is 1.73. The molecule has 1 aromatic heterocycles. The minimum absolute atomic E-state index is 0.703. The first-order valence-electron chi connectivity index (χ1n) is 8.14. The third-order valence-corrected chi connectivity index (χ3v) is 4.54. The second kappa shape index (κ2) is 6.66. The van der Waals surface area contributed by atoms with E-state index in [1.165, 1.54) is 5.56 Å². The van der Waals surface area contributed by atoms with Gasteiger partial charge < -0.3 is 9.15 Å². The van der Waals surface area contributed by atoms with Gasteiger partial charge in [0.2, 0.25) is 0 Å². The van der Waals surface area contributed by atoms with Crippen molar-refractivity contribution in [1.82, 2.24) is 0 Å². The summed E-state index contributed by atoms with van der Waals surface area (Å²) in [6.45, 7) is 0. The fraction of sp³-hybridized carbons (Fsp3) is 0.0909. The molecule has 4 aromatic rings. The highest BCUT2D eigenvalue weighted by atomic mass is 35.5. The molecule has 3 heteroatoms. The quantitative estimate of drug-likeness (QED) is 0.428. The second-order valence-electron chi connectivity index (χ2n) is 5.93. The Bertz CT molecular complexity index is 1000. The summed E-state index contributed by atoms with van der Waals surface area (Å²) >= 11 is 6.23. The lowest BCUT2D eigenvalue weighted by Crippen LogP contribution is -1.89. The van der Waals surface area contributed by atoms with Crippen molar-refractivity contribution in [2.45, 2.75) is 6.42 Å². The number of ether oxygens (including phenoxy) is 1. The molecular formula is C22H17ClO2. The molecule has 0 bridgehead atoms. The van der Waals surface area contributed by atoms with E-state index in [2.05, 4.69) is 24.3 Å². The molecule has 2 nitrogen and oxygen atoms in total. The van der Waals surface area contributed by atoms with Crippen molar-refractivity contribution in [3.8, 4) is 16.9 Å². The molecule has 3 aromatic carbocycles. The molecule has 0 unspecified atom stereocenters. The van der Waals surface area contributed by atoms with Crippen LogP contribution in [0.2, 0.25) is 5.02 Å². The van der Waals surface area contributed by atoms with Crippen molar-refractivity contribution < 1.29 is 9.15 Å². The monoisotopic (exact) mass is 348 g/mol. The SMILES string of the molecule is COc1ccc(-c2c(Cc3ccccc3)oc3ccc(Cl)cc23)cc1. The molecule has 25 heavy (non-hydrogen) atoms. The normalized spacial score (nSPS) is 11.0. The van der Waals surface area contributed by atoms with Crippen molar-refractivity contribution in [3.63, 3.8) is 0 Å². The van der Waals surface area contributed by atoms with Crippen LogP contribution in [0.5, 0.6) is 5.75 Å². The van der Waals surface area contributed by atoms with Gasteiger partial charge in [-0.1, -0.05) is 54.1 Å². The summed E-state index contributed by atoms with van der Waals surface area (Å²) in [5.74, 6) is 1.77. The molecule has 0 fully saturated rings. The topological polar surface area (TPSA) is 22.4 Å². The number of furan rings is 1. The molecule has 1 heterocycles. The molecule has 124 valence electrons. The molecule has 4 rings (SSSR count). The van der Waals surface area contributed by atoms with Gasteiger partial charge >= 0.3 is 0 Å². The molecule has 0 aliphatic carbocycles. The molecule has 0 aliphatic heterocycles. The van der Waals surface area contributed by atoms with Crippen LogP contribution in [0.25, 0.3) is 22.1 Å². The highest BCUT2D eigenvalue weighted by Gasteiger charge is 2.17. The lowest BCUT2D eigenvalue weighted by atomic mass is 9.98. The zero-order valence-corrected chi connectivity index (χ0v) is 14.6. The van der Waals surface area contributed by atoms with Crippen LogP contribution in [-0.2, 0) is 6.42 Å². The first kappa shape index (κ1) is 15.8. The minimum Gasteiger partial charge on any atom is -0.497 e. The maximum absolute atomic E-state index is 6.23. The first-order chi connectivity index (χ1) is 12.2. The average Bonchev–Trinajstić information content (AvgIpc) is 2.99. The number of methoxy groups -OCH3 is 1. The Morgan fingerprint density at radius 3 is 2.40 bits per heavy atom. The Balaban J connectivity index is 1.89. The third-order valence-electron chi connectivity index (χ3n) is 4.31. The van der Waals surface area contributed by atoms with Crippen LogP contribution < -0.4 is 4.74 Å². The summed E-state index contributed by atoms with van der Waals surface area (Å²) in [4.78, 5) is 0. The Labute approximate surface area is 151 Å². The maximum Gasteiger partial charge on any atom is 0.135 e. The van der Waals surface area contributed by atoms with Gasteiger partial charge in [-0.2, -0.15) is 0 Å². The van der Waals surface area contributed by atoms with Crippen LogP contribution in [0.1, 0.15) is 11.3 Å². The average molecular weight is 349 g/mol. The predicted octanol–water partition coefficient (Wildman–Crippen LogP) is 6.35. The highest BCUT2D eigenvalue weighted by Crippen LogP contribution is 2.38. The van der Waals surface area contributed by atoms with E-state index in [9.17, 15) is 0 Å². The zero-order valence-electron chi connectivity index (χ0n) is 13.8. The van der Waals surface area contributed by atoms with E-state index in [1.807, 2.05) is 48.5 Å². The van der Waals surface area contributed by atoms with Crippen LogP contribution in [-0.4, -0.2) is 7.11 Å². The largest absolute Gasteiger partial charge is 0.497 e. The van der Waals surface area contributed by atoms with Gasteiger partial charge in [-0.25, -0.2) is 0 Å². The number of halogens is 1. The summed E-state index contributed by atoms with van der Waals surface area (Å²) in [6.07, 6.45) is 0.731. The van der Waals surface area contributed by atoms with Gasteiger partial charge in [-0.05, 0) is 41.5 Å². The smallest absolute Gasteiger partial charge is 0.135 e. The summed E-state index contributed by atoms with van der Waals surface area (Å²) in [5.41, 5.74) is 4.24. The van der Waals surface area contributed by atoms with Gasteiger partial charge in [-0.15, -0.1) is 0 Å². The fourth-order valence-corrected chi connectivity index (χ4v) is 3.27. The van der Waals surface area contributed by atoms with Crippen molar-refractivity contribution >= 4 is 22.6 Å². The highest BCUT2D eigenvalue weighted by molar-refractivity contribution is 6.31. The predicted molar refractivity (Wildman–Crippen MR) is 102 cm³/mol. The molecule has 0 aliphatic rings. The Morgan fingerprint density at radius 2 is 1.68 bits per heavy atom. The Morgan fingerprint density at radius 1 is 0.920 bits per heavy atom.